The van der Waals surface area contributed by atoms with E-state index in [1.807, 2.05) is 43.3 Å². The van der Waals surface area contributed by atoms with Gasteiger partial charge in [-0.25, -0.2) is 8.42 Å². The highest BCUT2D eigenvalue weighted by Crippen LogP contribution is 2.51. The van der Waals surface area contributed by atoms with Gasteiger partial charge in [-0.3, -0.25) is 4.79 Å². The van der Waals surface area contributed by atoms with E-state index >= 15 is 0 Å². The molecule has 2 heterocycles. The van der Waals surface area contributed by atoms with Crippen molar-refractivity contribution in [1.82, 2.24) is 4.31 Å². The molecule has 3 aromatic rings. The summed E-state index contributed by atoms with van der Waals surface area (Å²) in [6, 6.07) is 17.9. The third-order valence-electron chi connectivity index (χ3n) is 7.91. The number of hydrogen-bond acceptors (Lipinski definition) is 6. The Bertz CT molecular complexity index is 1500. The van der Waals surface area contributed by atoms with Crippen LogP contribution in [0.1, 0.15) is 36.8 Å². The number of carbonyl (C=O) groups excluding carboxylic acids is 1. The van der Waals surface area contributed by atoms with Crippen LogP contribution in [-0.2, 0) is 20.2 Å². The van der Waals surface area contributed by atoms with E-state index in [1.54, 1.807) is 24.3 Å². The second-order valence-corrected chi connectivity index (χ2v) is 12.1. The topological polar surface area (TPSA) is 105 Å². The Kier molecular flexibility index (Phi) is 6.17. The maximum Gasteiger partial charge on any atom is 0.243 e. The number of fused-ring (bicyclic) bond motifs is 1. The molecule has 0 bridgehead atoms. The van der Waals surface area contributed by atoms with Gasteiger partial charge in [0.25, 0.3) is 0 Å². The molecule has 8 nitrogen and oxygen atoms in total. The molecule has 2 N–H and O–H groups in total. The molecular weight excluding hydrogens is 504 g/mol. The predicted octanol–water partition coefficient (Wildman–Crippen LogP) is 4.21. The molecule has 1 unspecified atom stereocenters. The summed E-state index contributed by atoms with van der Waals surface area (Å²) < 4.78 is 38.6. The number of carbonyl (C=O) groups is 1. The molecule has 2 fully saturated rings. The fourth-order valence-electron chi connectivity index (χ4n) is 5.48. The molecule has 6 rings (SSSR count). The quantitative estimate of drug-likeness (QED) is 0.471. The Morgan fingerprint density at radius 1 is 1.05 bits per heavy atom. The number of rotatable bonds is 7. The molecule has 3 aliphatic rings. The zero-order chi connectivity index (χ0) is 26.5. The summed E-state index contributed by atoms with van der Waals surface area (Å²) in [6.07, 6.45) is 2.94. The molecule has 1 saturated carbocycles. The number of nitrogens with one attached hydrogen (secondary N) is 1. The molecule has 0 aromatic heterocycles. The van der Waals surface area contributed by atoms with Gasteiger partial charge < -0.3 is 19.9 Å². The highest BCUT2D eigenvalue weighted by atomic mass is 32.2. The number of sulfonamides is 1. The Balaban J connectivity index is 1.22. The summed E-state index contributed by atoms with van der Waals surface area (Å²) in [5.74, 6) is 1.30. The van der Waals surface area contributed by atoms with Crippen LogP contribution in [0.25, 0.3) is 11.1 Å². The molecule has 0 radical (unpaired) electrons. The van der Waals surface area contributed by atoms with E-state index in [0.29, 0.717) is 30.2 Å². The number of aliphatic hydroxyl groups excluding tert-OH is 1. The van der Waals surface area contributed by atoms with Gasteiger partial charge in [-0.15, -0.1) is 0 Å². The molecule has 1 saturated heterocycles. The molecule has 3 aromatic carbocycles. The largest absolute Gasteiger partial charge is 0.454 e. The van der Waals surface area contributed by atoms with Crippen molar-refractivity contribution in [1.29, 1.82) is 0 Å². The number of aryl methyl sites for hydroxylation is 1. The summed E-state index contributed by atoms with van der Waals surface area (Å²) in [5.41, 5.74) is 3.80. The maximum absolute atomic E-state index is 13.4. The number of benzene rings is 3. The van der Waals surface area contributed by atoms with Crippen molar-refractivity contribution in [2.45, 2.75) is 49.0 Å². The number of ether oxygens (including phenoxy) is 2. The van der Waals surface area contributed by atoms with Gasteiger partial charge in [-0.05, 0) is 91.3 Å². The lowest BCUT2D eigenvalue weighted by Gasteiger charge is -2.22. The molecular formula is C29H30N2O6S. The van der Waals surface area contributed by atoms with Crippen molar-refractivity contribution in [2.75, 3.05) is 25.3 Å². The molecule has 1 amide bonds. The fourth-order valence-corrected chi connectivity index (χ4v) is 7.16. The number of nitrogens with zero attached hydrogens (tertiary/aromatic N) is 1. The van der Waals surface area contributed by atoms with Crippen LogP contribution in [0.5, 0.6) is 11.5 Å². The van der Waals surface area contributed by atoms with E-state index < -0.39 is 15.4 Å². The second kappa shape index (κ2) is 9.41. The van der Waals surface area contributed by atoms with E-state index in [0.717, 1.165) is 41.5 Å². The van der Waals surface area contributed by atoms with Crippen molar-refractivity contribution in [2.24, 2.45) is 0 Å². The molecule has 2 aliphatic heterocycles. The van der Waals surface area contributed by atoms with Gasteiger partial charge in [-0.1, -0.05) is 24.3 Å². The minimum absolute atomic E-state index is 0.0586. The van der Waals surface area contributed by atoms with Crippen molar-refractivity contribution in [3.05, 3.63) is 71.8 Å². The van der Waals surface area contributed by atoms with Gasteiger partial charge in [0.2, 0.25) is 22.7 Å². The standard InChI is InChI=1S/C29H30N2O6S/c1-19-4-8-22(30-28(33)29(12-13-29)21-7-11-26-27(15-21)37-18-36-26)16-25(19)20-5-9-24(10-6-20)38(34,35)31-14-2-3-23(31)17-32/h4-11,15-16,23,32H,2-3,12-14,17-18H2,1H3,(H,30,33). The molecule has 1 aliphatic carbocycles. The SMILES string of the molecule is Cc1ccc(NC(=O)C2(c3ccc4c(c3)OCO4)CC2)cc1-c1ccc(S(=O)(=O)N2CCCC2CO)cc1. The third kappa shape index (κ3) is 4.24. The van der Waals surface area contributed by atoms with Crippen molar-refractivity contribution in [3.8, 4) is 22.6 Å². The zero-order valence-electron chi connectivity index (χ0n) is 21.1. The first-order valence-electron chi connectivity index (χ1n) is 12.9. The lowest BCUT2D eigenvalue weighted by atomic mass is 9.94. The van der Waals surface area contributed by atoms with Crippen LogP contribution in [0.15, 0.2) is 65.6 Å². The highest BCUT2D eigenvalue weighted by Gasteiger charge is 2.51. The van der Waals surface area contributed by atoms with Crippen LogP contribution in [0.3, 0.4) is 0 Å². The van der Waals surface area contributed by atoms with Gasteiger partial charge in [0.15, 0.2) is 11.5 Å². The molecule has 0 spiro atoms. The highest BCUT2D eigenvalue weighted by molar-refractivity contribution is 7.89. The summed E-state index contributed by atoms with van der Waals surface area (Å²) in [5, 5.41) is 12.7. The van der Waals surface area contributed by atoms with Crippen LogP contribution in [0.4, 0.5) is 5.69 Å². The summed E-state index contributed by atoms with van der Waals surface area (Å²) in [4.78, 5) is 13.6. The number of hydrogen-bond donors (Lipinski definition) is 2. The monoisotopic (exact) mass is 534 g/mol. The third-order valence-corrected chi connectivity index (χ3v) is 9.88. The van der Waals surface area contributed by atoms with Crippen molar-refractivity contribution >= 4 is 21.6 Å². The van der Waals surface area contributed by atoms with E-state index in [1.165, 1.54) is 4.31 Å². The molecule has 9 heteroatoms. The summed E-state index contributed by atoms with van der Waals surface area (Å²) in [6.45, 7) is 2.42. The van der Waals surface area contributed by atoms with Gasteiger partial charge in [-0.2, -0.15) is 4.31 Å². The minimum Gasteiger partial charge on any atom is -0.454 e. The maximum atomic E-state index is 13.4. The smallest absolute Gasteiger partial charge is 0.243 e. The number of aliphatic hydroxyl groups is 1. The minimum atomic E-state index is -3.67. The first-order valence-corrected chi connectivity index (χ1v) is 14.3. The second-order valence-electron chi connectivity index (χ2n) is 10.3. The number of amides is 1. The Morgan fingerprint density at radius 2 is 1.82 bits per heavy atom. The lowest BCUT2D eigenvalue weighted by Crippen LogP contribution is -2.37. The zero-order valence-corrected chi connectivity index (χ0v) is 22.0. The average molecular weight is 535 g/mol. The van der Waals surface area contributed by atoms with Crippen LogP contribution < -0.4 is 14.8 Å². The molecule has 1 atom stereocenters. The van der Waals surface area contributed by atoms with Crippen molar-refractivity contribution < 1.29 is 27.8 Å². The van der Waals surface area contributed by atoms with E-state index in [4.69, 9.17) is 9.47 Å². The van der Waals surface area contributed by atoms with Crippen LogP contribution in [0, 0.1) is 6.92 Å². The molecule has 198 valence electrons. The Morgan fingerprint density at radius 3 is 2.55 bits per heavy atom. The molecule has 38 heavy (non-hydrogen) atoms. The fraction of sp³-hybridized carbons (Fsp3) is 0.345. The number of anilines is 1. The van der Waals surface area contributed by atoms with Gasteiger partial charge >= 0.3 is 0 Å². The van der Waals surface area contributed by atoms with E-state index in [-0.39, 0.29) is 30.2 Å². The van der Waals surface area contributed by atoms with Gasteiger partial charge in [0.1, 0.15) is 0 Å². The van der Waals surface area contributed by atoms with Gasteiger partial charge in [0.05, 0.1) is 16.9 Å². The van der Waals surface area contributed by atoms with E-state index in [2.05, 4.69) is 5.32 Å². The Labute approximate surface area is 222 Å². The van der Waals surface area contributed by atoms with Crippen LogP contribution in [0.2, 0.25) is 0 Å². The summed E-state index contributed by atoms with van der Waals surface area (Å²) >= 11 is 0. The normalized spacial score (nSPS) is 19.9. The van der Waals surface area contributed by atoms with E-state index in [9.17, 15) is 18.3 Å². The van der Waals surface area contributed by atoms with Crippen LogP contribution >= 0.6 is 0 Å². The predicted molar refractivity (Wildman–Crippen MR) is 143 cm³/mol. The van der Waals surface area contributed by atoms with Crippen LogP contribution in [-0.4, -0.2) is 49.7 Å². The Hall–Kier alpha value is -3.40. The average Bonchev–Trinajstić information content (AvgIpc) is 3.36. The van der Waals surface area contributed by atoms with Gasteiger partial charge in [0, 0.05) is 18.3 Å². The van der Waals surface area contributed by atoms with Crippen molar-refractivity contribution in [3.63, 3.8) is 0 Å². The first-order chi connectivity index (χ1) is 18.3. The lowest BCUT2D eigenvalue weighted by molar-refractivity contribution is -0.118. The summed E-state index contributed by atoms with van der Waals surface area (Å²) in [7, 11) is -3.67. The first kappa shape index (κ1) is 24.9.